The maximum Gasteiger partial charge on any atom is 0.261 e. The molecule has 2 aromatic carbocycles. The Morgan fingerprint density at radius 3 is 2.00 bits per heavy atom. The molecule has 0 unspecified atom stereocenters. The second kappa shape index (κ2) is 6.70. The number of sulfonamides is 2. The summed E-state index contributed by atoms with van der Waals surface area (Å²) in [7, 11) is -5.91. The van der Waals surface area contributed by atoms with Crippen LogP contribution in [0.2, 0.25) is 0 Å². The average molecular weight is 370 g/mol. The summed E-state index contributed by atoms with van der Waals surface area (Å²) >= 11 is 0. The van der Waals surface area contributed by atoms with Gasteiger partial charge in [-0.1, -0.05) is 12.1 Å². The Morgan fingerprint density at radius 2 is 1.50 bits per heavy atom. The number of nitrogens with one attached hydrogen (secondary N) is 2. The predicted octanol–water partition coefficient (Wildman–Crippen LogP) is 2.18. The van der Waals surface area contributed by atoms with Gasteiger partial charge < -0.3 is 4.74 Å². The average Bonchev–Trinajstić information content (AvgIpc) is 2.47. The lowest BCUT2D eigenvalue weighted by Gasteiger charge is -2.14. The second-order valence-corrected chi connectivity index (χ2v) is 8.59. The number of rotatable bonds is 6. The van der Waals surface area contributed by atoms with Crippen LogP contribution in [0.4, 0.5) is 11.4 Å². The van der Waals surface area contributed by atoms with E-state index in [-0.39, 0.29) is 16.3 Å². The van der Waals surface area contributed by atoms with E-state index in [0.29, 0.717) is 11.3 Å². The fourth-order valence-electron chi connectivity index (χ4n) is 2.08. The molecule has 0 saturated carbocycles. The second-order valence-electron chi connectivity index (χ2n) is 5.16. The van der Waals surface area contributed by atoms with E-state index < -0.39 is 20.0 Å². The molecule has 0 aromatic heterocycles. The van der Waals surface area contributed by atoms with Crippen molar-refractivity contribution < 1.29 is 21.6 Å². The Kier molecular flexibility index (Phi) is 5.05. The molecule has 0 amide bonds. The monoisotopic (exact) mass is 370 g/mol. The molecule has 24 heavy (non-hydrogen) atoms. The molecule has 0 saturated heterocycles. The Hall–Kier alpha value is -2.26. The highest BCUT2D eigenvalue weighted by atomic mass is 32.2. The van der Waals surface area contributed by atoms with Gasteiger partial charge in [0.1, 0.15) is 5.75 Å². The van der Waals surface area contributed by atoms with Gasteiger partial charge in [-0.25, -0.2) is 16.8 Å². The molecule has 7 nitrogen and oxygen atoms in total. The lowest BCUT2D eigenvalue weighted by Crippen LogP contribution is -2.16. The number of para-hydroxylation sites is 2. The first-order chi connectivity index (χ1) is 11.1. The molecule has 0 aliphatic rings. The third-order valence-electron chi connectivity index (χ3n) is 3.14. The van der Waals surface area contributed by atoms with E-state index in [1.165, 1.54) is 31.4 Å². The van der Waals surface area contributed by atoms with Crippen molar-refractivity contribution in [1.29, 1.82) is 0 Å². The van der Waals surface area contributed by atoms with Gasteiger partial charge in [-0.2, -0.15) is 0 Å². The van der Waals surface area contributed by atoms with Crippen LogP contribution in [-0.2, 0) is 20.0 Å². The summed E-state index contributed by atoms with van der Waals surface area (Å²) in [5, 5.41) is 0. The minimum Gasteiger partial charge on any atom is -0.496 e. The fraction of sp³-hybridized carbons (Fsp3) is 0.200. The van der Waals surface area contributed by atoms with Crippen molar-refractivity contribution in [2.45, 2.75) is 11.8 Å². The number of anilines is 2. The number of methoxy groups -OCH3 is 1. The van der Waals surface area contributed by atoms with Crippen molar-refractivity contribution in [3.8, 4) is 5.75 Å². The van der Waals surface area contributed by atoms with E-state index >= 15 is 0 Å². The van der Waals surface area contributed by atoms with E-state index in [0.717, 1.165) is 6.26 Å². The zero-order chi connectivity index (χ0) is 18.0. The van der Waals surface area contributed by atoms with Crippen LogP contribution >= 0.6 is 0 Å². The summed E-state index contributed by atoms with van der Waals surface area (Å²) in [6, 6.07) is 10.6. The molecular formula is C15H18N2O5S2. The van der Waals surface area contributed by atoms with Gasteiger partial charge in [0.2, 0.25) is 10.0 Å². The van der Waals surface area contributed by atoms with Crippen LogP contribution in [0, 0.1) is 6.92 Å². The normalized spacial score (nSPS) is 11.8. The summed E-state index contributed by atoms with van der Waals surface area (Å²) in [5.41, 5.74) is 0.952. The van der Waals surface area contributed by atoms with Crippen LogP contribution in [0.25, 0.3) is 0 Å². The molecule has 0 spiro atoms. The lowest BCUT2D eigenvalue weighted by molar-refractivity contribution is 0.411. The van der Waals surface area contributed by atoms with Gasteiger partial charge in [0.25, 0.3) is 10.0 Å². The van der Waals surface area contributed by atoms with Crippen LogP contribution in [0.1, 0.15) is 5.56 Å². The van der Waals surface area contributed by atoms with E-state index in [1.807, 2.05) is 0 Å². The summed E-state index contributed by atoms with van der Waals surface area (Å²) in [6.07, 6.45) is 0.991. The summed E-state index contributed by atoms with van der Waals surface area (Å²) in [4.78, 5) is 0.0509. The zero-order valence-corrected chi connectivity index (χ0v) is 15.0. The molecule has 9 heteroatoms. The first-order valence-electron chi connectivity index (χ1n) is 6.87. The summed E-state index contributed by atoms with van der Waals surface area (Å²) < 4.78 is 57.7. The number of benzene rings is 2. The zero-order valence-electron chi connectivity index (χ0n) is 13.4. The van der Waals surface area contributed by atoms with Gasteiger partial charge in [-0.05, 0) is 42.8 Å². The number of hydrogen-bond donors (Lipinski definition) is 2. The van der Waals surface area contributed by atoms with E-state index in [2.05, 4.69) is 9.44 Å². The van der Waals surface area contributed by atoms with Crippen molar-refractivity contribution in [1.82, 2.24) is 0 Å². The van der Waals surface area contributed by atoms with Gasteiger partial charge in [-0.15, -0.1) is 0 Å². The van der Waals surface area contributed by atoms with Crippen LogP contribution in [-0.4, -0.2) is 30.2 Å². The Bertz CT molecular complexity index is 954. The van der Waals surface area contributed by atoms with Crippen molar-refractivity contribution in [3.05, 3.63) is 48.0 Å². The smallest absolute Gasteiger partial charge is 0.261 e. The number of aryl methyl sites for hydroxylation is 1. The lowest BCUT2D eigenvalue weighted by atomic mass is 10.2. The van der Waals surface area contributed by atoms with Crippen LogP contribution < -0.4 is 14.2 Å². The SMILES string of the molecule is COc1ccc(S(=O)(=O)Nc2ccccc2NS(C)(=O)=O)cc1C. The summed E-state index contributed by atoms with van der Waals surface area (Å²) in [5.74, 6) is 0.577. The van der Waals surface area contributed by atoms with Crippen molar-refractivity contribution >= 4 is 31.4 Å². The van der Waals surface area contributed by atoms with Crippen LogP contribution in [0.15, 0.2) is 47.4 Å². The molecule has 0 fully saturated rings. The van der Waals surface area contributed by atoms with Crippen molar-refractivity contribution in [2.24, 2.45) is 0 Å². The molecule has 0 heterocycles. The van der Waals surface area contributed by atoms with E-state index in [1.54, 1.807) is 25.1 Å². The molecule has 2 N–H and O–H groups in total. The van der Waals surface area contributed by atoms with Gasteiger partial charge in [0.05, 0.1) is 29.6 Å². The molecule has 0 aliphatic carbocycles. The predicted molar refractivity (Wildman–Crippen MR) is 93.4 cm³/mol. The topological polar surface area (TPSA) is 102 Å². The van der Waals surface area contributed by atoms with E-state index in [9.17, 15) is 16.8 Å². The molecular weight excluding hydrogens is 352 g/mol. The third kappa shape index (κ3) is 4.39. The standard InChI is InChI=1S/C15H18N2O5S2/c1-11-10-12(8-9-15(11)22-2)24(20,21)17-14-7-5-4-6-13(14)16-23(3,18)19/h4-10,16-17H,1-3H3. The van der Waals surface area contributed by atoms with E-state index in [4.69, 9.17) is 4.74 Å². The minimum atomic E-state index is -3.88. The van der Waals surface area contributed by atoms with Crippen LogP contribution in [0.3, 0.4) is 0 Å². The summed E-state index contributed by atoms with van der Waals surface area (Å²) in [6.45, 7) is 1.73. The van der Waals surface area contributed by atoms with Crippen LogP contribution in [0.5, 0.6) is 5.75 Å². The Labute approximate surface area is 141 Å². The van der Waals surface area contributed by atoms with Gasteiger partial charge in [0, 0.05) is 0 Å². The van der Waals surface area contributed by atoms with Crippen molar-refractivity contribution in [2.75, 3.05) is 22.8 Å². The van der Waals surface area contributed by atoms with Crippen molar-refractivity contribution in [3.63, 3.8) is 0 Å². The maximum absolute atomic E-state index is 12.5. The maximum atomic E-state index is 12.5. The number of ether oxygens (including phenoxy) is 1. The first kappa shape index (κ1) is 18.1. The Morgan fingerprint density at radius 1 is 0.917 bits per heavy atom. The largest absolute Gasteiger partial charge is 0.496 e. The van der Waals surface area contributed by atoms with Gasteiger partial charge in [0.15, 0.2) is 0 Å². The highest BCUT2D eigenvalue weighted by molar-refractivity contribution is 7.93. The number of hydrogen-bond acceptors (Lipinski definition) is 5. The van der Waals surface area contributed by atoms with Gasteiger partial charge in [-0.3, -0.25) is 9.44 Å². The quantitative estimate of drug-likeness (QED) is 0.811. The highest BCUT2D eigenvalue weighted by Gasteiger charge is 2.18. The third-order valence-corrected chi connectivity index (χ3v) is 5.10. The molecule has 130 valence electrons. The highest BCUT2D eigenvalue weighted by Crippen LogP contribution is 2.27. The molecule has 0 bridgehead atoms. The molecule has 2 aromatic rings. The molecule has 2 rings (SSSR count). The fourth-order valence-corrected chi connectivity index (χ4v) is 3.82. The molecule has 0 radical (unpaired) electrons. The minimum absolute atomic E-state index is 0.0509. The molecule has 0 atom stereocenters. The molecule has 0 aliphatic heterocycles. The van der Waals surface area contributed by atoms with Gasteiger partial charge >= 0.3 is 0 Å². The first-order valence-corrected chi connectivity index (χ1v) is 10.2. The Balaban J connectivity index is 2.38.